The molecule has 1 saturated carbocycles. The largest absolute Gasteiger partial charge is 0.512 e. The third kappa shape index (κ3) is 3.84. The molecule has 0 spiro atoms. The molecule has 0 atom stereocenters. The molecule has 0 amide bonds. The van der Waals surface area contributed by atoms with Gasteiger partial charge in [0.05, 0.1) is 0 Å². The summed E-state index contributed by atoms with van der Waals surface area (Å²) in [5.41, 5.74) is -5.21. The van der Waals surface area contributed by atoms with Gasteiger partial charge in [-0.2, -0.15) is 17.3 Å². The minimum Gasteiger partial charge on any atom is -0.202 e. The molecule has 0 aliphatic heterocycles. The Morgan fingerprint density at radius 1 is 1.13 bits per heavy atom. The van der Waals surface area contributed by atoms with Gasteiger partial charge in [0, 0.05) is 5.25 Å². The maximum Gasteiger partial charge on any atom is 0.512 e. The lowest BCUT2D eigenvalue weighted by atomic mass is 10.0. The summed E-state index contributed by atoms with van der Waals surface area (Å²) in [6, 6.07) is 0. The molecule has 8 heteroatoms. The van der Waals surface area contributed by atoms with Crippen LogP contribution in [0.4, 0.5) is 13.2 Å². The van der Waals surface area contributed by atoms with Crippen molar-refractivity contribution in [3.05, 3.63) is 0 Å². The number of alkyl halides is 3. The second kappa shape index (κ2) is 4.92. The first-order valence-corrected chi connectivity index (χ1v) is 6.93. The van der Waals surface area contributed by atoms with Crippen molar-refractivity contribution in [3.63, 3.8) is 0 Å². The summed E-state index contributed by atoms with van der Waals surface area (Å²) >= 11 is 0.673. The summed E-state index contributed by atoms with van der Waals surface area (Å²) in [4.78, 5) is 0. The second-order valence-corrected chi connectivity index (χ2v) is 6.45. The van der Waals surface area contributed by atoms with Gasteiger partial charge in [-0.1, -0.05) is 31.2 Å². The fraction of sp³-hybridized carbons (Fsp3) is 1.00. The molecule has 0 saturated heterocycles. The Kier molecular flexibility index (Phi) is 4.30. The van der Waals surface area contributed by atoms with E-state index in [1.165, 1.54) is 4.13 Å². The molecule has 1 fully saturated rings. The summed E-state index contributed by atoms with van der Waals surface area (Å²) < 4.78 is 58.6. The molecule has 15 heavy (non-hydrogen) atoms. The SMILES string of the molecule is O=S(=O)(NSC1CCCCC1)C(F)(F)F. The highest BCUT2D eigenvalue weighted by Crippen LogP contribution is 2.29. The summed E-state index contributed by atoms with van der Waals surface area (Å²) in [6.07, 6.45) is 4.51. The van der Waals surface area contributed by atoms with Crippen LogP contribution in [0.3, 0.4) is 0 Å². The van der Waals surface area contributed by atoms with Crippen molar-refractivity contribution in [1.29, 1.82) is 0 Å². The lowest BCUT2D eigenvalue weighted by Gasteiger charge is -2.21. The quantitative estimate of drug-likeness (QED) is 0.795. The zero-order valence-corrected chi connectivity index (χ0v) is 9.51. The molecule has 0 bridgehead atoms. The number of rotatable bonds is 3. The average Bonchev–Trinajstić information content (AvgIpc) is 2.15. The Labute approximate surface area is 91.0 Å². The van der Waals surface area contributed by atoms with Gasteiger partial charge in [-0.25, -0.2) is 8.42 Å². The van der Waals surface area contributed by atoms with E-state index in [1.54, 1.807) is 0 Å². The van der Waals surface area contributed by atoms with Crippen molar-refractivity contribution < 1.29 is 21.6 Å². The molecule has 90 valence electrons. The zero-order valence-electron chi connectivity index (χ0n) is 7.88. The van der Waals surface area contributed by atoms with Gasteiger partial charge in [0.1, 0.15) is 0 Å². The summed E-state index contributed by atoms with van der Waals surface area (Å²) in [6.45, 7) is 0. The molecule has 3 nitrogen and oxygen atoms in total. The molecule has 1 rings (SSSR count). The molecule has 1 aliphatic rings. The lowest BCUT2D eigenvalue weighted by molar-refractivity contribution is -0.0440. The minimum atomic E-state index is -5.21. The van der Waals surface area contributed by atoms with Crippen molar-refractivity contribution in [3.8, 4) is 0 Å². The molecular weight excluding hydrogens is 251 g/mol. The van der Waals surface area contributed by atoms with Gasteiger partial charge in [-0.05, 0) is 12.8 Å². The van der Waals surface area contributed by atoms with Gasteiger partial charge in [-0.3, -0.25) is 0 Å². The van der Waals surface area contributed by atoms with E-state index in [9.17, 15) is 21.6 Å². The van der Waals surface area contributed by atoms with Gasteiger partial charge < -0.3 is 0 Å². The van der Waals surface area contributed by atoms with E-state index in [0.717, 1.165) is 32.1 Å². The fourth-order valence-corrected chi connectivity index (χ4v) is 3.36. The van der Waals surface area contributed by atoms with E-state index in [2.05, 4.69) is 0 Å². The normalized spacial score (nSPS) is 20.5. The predicted molar refractivity (Wildman–Crippen MR) is 52.6 cm³/mol. The van der Waals surface area contributed by atoms with Crippen molar-refractivity contribution in [2.24, 2.45) is 0 Å². The smallest absolute Gasteiger partial charge is 0.202 e. The van der Waals surface area contributed by atoms with Crippen molar-refractivity contribution in [1.82, 2.24) is 4.13 Å². The van der Waals surface area contributed by atoms with Gasteiger partial charge >= 0.3 is 15.5 Å². The predicted octanol–water partition coefficient (Wildman–Crippen LogP) is 2.41. The van der Waals surface area contributed by atoms with Crippen molar-refractivity contribution in [2.75, 3.05) is 0 Å². The van der Waals surface area contributed by atoms with Crippen LogP contribution in [0.5, 0.6) is 0 Å². The van der Waals surface area contributed by atoms with Gasteiger partial charge in [0.2, 0.25) is 0 Å². The van der Waals surface area contributed by atoms with Crippen LogP contribution in [-0.4, -0.2) is 19.2 Å². The number of sulfonamides is 1. The first kappa shape index (κ1) is 13.1. The molecule has 0 aromatic carbocycles. The molecule has 1 aliphatic carbocycles. The molecule has 0 aromatic rings. The minimum absolute atomic E-state index is 0.0316. The van der Waals surface area contributed by atoms with Crippen LogP contribution < -0.4 is 4.13 Å². The van der Waals surface area contributed by atoms with Crippen molar-refractivity contribution in [2.45, 2.75) is 42.9 Å². The Morgan fingerprint density at radius 3 is 2.13 bits per heavy atom. The maximum absolute atomic E-state index is 11.9. The van der Waals surface area contributed by atoms with E-state index in [1.807, 2.05) is 0 Å². The average molecular weight is 263 g/mol. The van der Waals surface area contributed by atoms with Crippen molar-refractivity contribution >= 4 is 22.0 Å². The van der Waals surface area contributed by atoms with E-state index in [-0.39, 0.29) is 5.25 Å². The Balaban J connectivity index is 2.42. The zero-order chi connectivity index (χ0) is 11.5. The van der Waals surface area contributed by atoms with Crippen LogP contribution in [0, 0.1) is 0 Å². The first-order valence-electron chi connectivity index (χ1n) is 4.56. The lowest BCUT2D eigenvalue weighted by Crippen LogP contribution is -2.34. The molecule has 0 heterocycles. The van der Waals surface area contributed by atoms with E-state index < -0.39 is 15.5 Å². The standard InChI is InChI=1S/C7H12F3NO2S2/c8-7(9,10)15(12,13)11-14-6-4-2-1-3-5-6/h6,11H,1-5H2. The van der Waals surface area contributed by atoms with E-state index in [4.69, 9.17) is 0 Å². The highest BCUT2D eigenvalue weighted by atomic mass is 32.3. The Morgan fingerprint density at radius 2 is 1.67 bits per heavy atom. The Bertz CT molecular complexity index is 296. The molecular formula is C7H12F3NO2S2. The summed E-state index contributed by atoms with van der Waals surface area (Å²) in [7, 11) is -5.18. The molecule has 0 aromatic heterocycles. The van der Waals surface area contributed by atoms with Gasteiger partial charge in [0.15, 0.2) is 0 Å². The van der Waals surface area contributed by atoms with Crippen LogP contribution in [-0.2, 0) is 10.0 Å². The van der Waals surface area contributed by atoms with Gasteiger partial charge in [0.25, 0.3) is 0 Å². The third-order valence-electron chi connectivity index (χ3n) is 2.18. The highest BCUT2D eigenvalue weighted by Gasteiger charge is 2.46. The first-order chi connectivity index (χ1) is 6.83. The van der Waals surface area contributed by atoms with Crippen LogP contribution in [0.1, 0.15) is 32.1 Å². The second-order valence-electron chi connectivity index (χ2n) is 3.41. The summed E-state index contributed by atoms with van der Waals surface area (Å²) in [5.74, 6) is 0. The number of halogens is 3. The van der Waals surface area contributed by atoms with Crippen LogP contribution in [0.15, 0.2) is 0 Å². The van der Waals surface area contributed by atoms with E-state index >= 15 is 0 Å². The highest BCUT2D eigenvalue weighted by molar-refractivity contribution is 8.09. The van der Waals surface area contributed by atoms with E-state index in [0.29, 0.717) is 11.9 Å². The van der Waals surface area contributed by atoms with Gasteiger partial charge in [-0.15, -0.1) is 0 Å². The number of nitrogens with one attached hydrogen (secondary N) is 1. The number of hydrogen-bond acceptors (Lipinski definition) is 3. The third-order valence-corrected chi connectivity index (χ3v) is 4.86. The fourth-order valence-electron chi connectivity index (χ4n) is 1.36. The monoisotopic (exact) mass is 263 g/mol. The van der Waals surface area contributed by atoms with Crippen LogP contribution in [0.25, 0.3) is 0 Å². The maximum atomic E-state index is 11.9. The van der Waals surface area contributed by atoms with Crippen LogP contribution >= 0.6 is 11.9 Å². The Hall–Kier alpha value is 0.0500. The molecule has 1 N–H and O–H groups in total. The summed E-state index contributed by atoms with van der Waals surface area (Å²) in [5, 5.41) is -0.0316. The van der Waals surface area contributed by atoms with Crippen LogP contribution in [0.2, 0.25) is 0 Å². The molecule has 0 radical (unpaired) electrons. The molecule has 0 unspecified atom stereocenters. The topological polar surface area (TPSA) is 46.2 Å². The number of hydrogen-bond donors (Lipinski definition) is 1.